The minimum Gasteiger partial charge on any atom is -0.480 e. The number of benzene rings is 2. The van der Waals surface area contributed by atoms with E-state index in [-0.39, 0.29) is 18.3 Å². The van der Waals surface area contributed by atoms with Crippen LogP contribution in [0.2, 0.25) is 0 Å². The molecular weight excluding hydrogens is 356 g/mol. The number of carbonyl (C=O) groups excluding carboxylic acids is 1. The minimum atomic E-state index is -0.748. The van der Waals surface area contributed by atoms with Gasteiger partial charge in [0, 0.05) is 6.54 Å². The first-order chi connectivity index (χ1) is 10.5. The van der Waals surface area contributed by atoms with Crippen LogP contribution >= 0.6 is 15.9 Å². The number of hydrogen-bond acceptors (Lipinski definition) is 2. The Bertz CT molecular complexity index is 662. The van der Waals surface area contributed by atoms with E-state index >= 15 is 0 Å². The molecule has 116 valence electrons. The fraction of sp³-hybridized carbons (Fsp3) is 0.188. The molecule has 0 spiro atoms. The molecule has 1 atom stereocenters. The van der Waals surface area contributed by atoms with E-state index in [0.29, 0.717) is 10.2 Å². The topological polar surface area (TPSA) is 38.3 Å². The Morgan fingerprint density at radius 3 is 2.45 bits per heavy atom. The van der Waals surface area contributed by atoms with Gasteiger partial charge in [0.25, 0.3) is 5.91 Å². The van der Waals surface area contributed by atoms with E-state index in [4.69, 9.17) is 4.74 Å². The maximum atomic E-state index is 13.0. The second-order valence-electron chi connectivity index (χ2n) is 4.68. The van der Waals surface area contributed by atoms with Gasteiger partial charge in [0.15, 0.2) is 6.10 Å². The molecule has 0 aliphatic rings. The summed E-state index contributed by atoms with van der Waals surface area (Å²) in [5.41, 5.74) is 0.782. The predicted molar refractivity (Wildman–Crippen MR) is 82.4 cm³/mol. The predicted octanol–water partition coefficient (Wildman–Crippen LogP) is 3.81. The number of ether oxygens (including phenoxy) is 1. The molecule has 1 amide bonds. The van der Waals surface area contributed by atoms with Crippen LogP contribution in [0.5, 0.6) is 5.75 Å². The standard InChI is InChI=1S/C16H14BrF2NO2/c1-10(22-15-7-6-13(19)8-14(15)17)16(21)20-9-11-2-4-12(18)5-3-11/h2-8,10H,9H2,1H3,(H,20,21)/t10-/m1/s1. The zero-order valence-corrected chi connectivity index (χ0v) is 13.4. The summed E-state index contributed by atoms with van der Waals surface area (Å²) < 4.78 is 31.7. The highest BCUT2D eigenvalue weighted by atomic mass is 79.9. The summed E-state index contributed by atoms with van der Waals surface area (Å²) >= 11 is 3.17. The Morgan fingerprint density at radius 2 is 1.82 bits per heavy atom. The van der Waals surface area contributed by atoms with Crippen molar-refractivity contribution in [1.29, 1.82) is 0 Å². The lowest BCUT2D eigenvalue weighted by atomic mass is 10.2. The van der Waals surface area contributed by atoms with Crippen LogP contribution in [0.4, 0.5) is 8.78 Å². The smallest absolute Gasteiger partial charge is 0.261 e. The van der Waals surface area contributed by atoms with E-state index in [2.05, 4.69) is 21.2 Å². The van der Waals surface area contributed by atoms with Crippen molar-refractivity contribution in [3.05, 3.63) is 64.1 Å². The van der Waals surface area contributed by atoms with Gasteiger partial charge in [-0.25, -0.2) is 8.78 Å². The molecule has 2 aromatic carbocycles. The average molecular weight is 370 g/mol. The van der Waals surface area contributed by atoms with E-state index in [1.54, 1.807) is 19.1 Å². The van der Waals surface area contributed by atoms with E-state index in [1.165, 1.54) is 30.3 Å². The largest absolute Gasteiger partial charge is 0.480 e. The van der Waals surface area contributed by atoms with Crippen LogP contribution in [0.1, 0.15) is 12.5 Å². The molecule has 0 heterocycles. The third-order valence-corrected chi connectivity index (χ3v) is 3.57. The normalized spacial score (nSPS) is 11.8. The summed E-state index contributed by atoms with van der Waals surface area (Å²) in [6.45, 7) is 1.87. The summed E-state index contributed by atoms with van der Waals surface area (Å²) in [5.74, 6) is -0.660. The van der Waals surface area contributed by atoms with Gasteiger partial charge in [-0.2, -0.15) is 0 Å². The summed E-state index contributed by atoms with van der Waals surface area (Å²) in [5, 5.41) is 2.69. The van der Waals surface area contributed by atoms with Crippen LogP contribution < -0.4 is 10.1 Å². The van der Waals surface area contributed by atoms with Gasteiger partial charge in [-0.15, -0.1) is 0 Å². The molecule has 6 heteroatoms. The van der Waals surface area contributed by atoms with Gasteiger partial charge >= 0.3 is 0 Å². The van der Waals surface area contributed by atoms with Gasteiger partial charge in [0.1, 0.15) is 17.4 Å². The van der Waals surface area contributed by atoms with Crippen molar-refractivity contribution in [2.45, 2.75) is 19.6 Å². The average Bonchev–Trinajstić information content (AvgIpc) is 2.49. The monoisotopic (exact) mass is 369 g/mol. The fourth-order valence-corrected chi connectivity index (χ4v) is 2.19. The SMILES string of the molecule is C[C@@H](Oc1ccc(F)cc1Br)C(=O)NCc1ccc(F)cc1. The van der Waals surface area contributed by atoms with Gasteiger partial charge in [-0.3, -0.25) is 4.79 Å². The molecule has 1 N–H and O–H groups in total. The quantitative estimate of drug-likeness (QED) is 0.869. The Morgan fingerprint density at radius 1 is 1.18 bits per heavy atom. The van der Waals surface area contributed by atoms with Gasteiger partial charge in [-0.1, -0.05) is 12.1 Å². The first-order valence-electron chi connectivity index (χ1n) is 6.59. The molecule has 3 nitrogen and oxygen atoms in total. The van der Waals surface area contributed by atoms with E-state index in [1.807, 2.05) is 0 Å². The number of rotatable bonds is 5. The van der Waals surface area contributed by atoms with Crippen molar-refractivity contribution in [1.82, 2.24) is 5.32 Å². The van der Waals surface area contributed by atoms with Crippen molar-refractivity contribution < 1.29 is 18.3 Å². The van der Waals surface area contributed by atoms with Crippen LogP contribution in [-0.2, 0) is 11.3 Å². The molecule has 0 aliphatic carbocycles. The molecule has 0 aromatic heterocycles. The second kappa shape index (κ2) is 7.35. The van der Waals surface area contributed by atoms with E-state index in [0.717, 1.165) is 5.56 Å². The molecule has 0 saturated carbocycles. The van der Waals surface area contributed by atoms with Gasteiger partial charge in [0.05, 0.1) is 4.47 Å². The lowest BCUT2D eigenvalue weighted by molar-refractivity contribution is -0.127. The number of halogens is 3. The van der Waals surface area contributed by atoms with Crippen LogP contribution in [0.25, 0.3) is 0 Å². The second-order valence-corrected chi connectivity index (χ2v) is 5.53. The Kier molecular flexibility index (Phi) is 5.49. The summed E-state index contributed by atoms with van der Waals surface area (Å²) in [4.78, 5) is 12.0. The number of hydrogen-bond donors (Lipinski definition) is 1. The third kappa shape index (κ3) is 4.53. The van der Waals surface area contributed by atoms with E-state index < -0.39 is 11.9 Å². The van der Waals surface area contributed by atoms with Gasteiger partial charge in [-0.05, 0) is 58.7 Å². The van der Waals surface area contributed by atoms with Crippen molar-refractivity contribution in [2.24, 2.45) is 0 Å². The maximum absolute atomic E-state index is 13.0. The first kappa shape index (κ1) is 16.4. The van der Waals surface area contributed by atoms with Crippen molar-refractivity contribution in [3.8, 4) is 5.75 Å². The summed E-state index contributed by atoms with van der Waals surface area (Å²) in [7, 11) is 0. The molecule has 0 radical (unpaired) electrons. The minimum absolute atomic E-state index is 0.275. The van der Waals surface area contributed by atoms with Crippen LogP contribution in [0.15, 0.2) is 46.9 Å². The van der Waals surface area contributed by atoms with Gasteiger partial charge < -0.3 is 10.1 Å². The highest BCUT2D eigenvalue weighted by Gasteiger charge is 2.16. The van der Waals surface area contributed by atoms with E-state index in [9.17, 15) is 13.6 Å². The van der Waals surface area contributed by atoms with Crippen molar-refractivity contribution in [3.63, 3.8) is 0 Å². The van der Waals surface area contributed by atoms with Crippen molar-refractivity contribution >= 4 is 21.8 Å². The highest BCUT2D eigenvalue weighted by Crippen LogP contribution is 2.26. The molecule has 2 rings (SSSR count). The molecule has 0 unspecified atom stereocenters. The zero-order chi connectivity index (χ0) is 16.1. The fourth-order valence-electron chi connectivity index (χ4n) is 1.75. The zero-order valence-electron chi connectivity index (χ0n) is 11.8. The number of amides is 1. The molecule has 22 heavy (non-hydrogen) atoms. The summed E-state index contributed by atoms with van der Waals surface area (Å²) in [6, 6.07) is 9.81. The molecular formula is C16H14BrF2NO2. The molecule has 0 fully saturated rings. The first-order valence-corrected chi connectivity index (χ1v) is 7.39. The molecule has 0 saturated heterocycles. The van der Waals surface area contributed by atoms with Crippen LogP contribution in [-0.4, -0.2) is 12.0 Å². The third-order valence-electron chi connectivity index (χ3n) is 2.95. The van der Waals surface area contributed by atoms with Crippen LogP contribution in [0, 0.1) is 11.6 Å². The number of carbonyl (C=O) groups is 1. The lowest BCUT2D eigenvalue weighted by Crippen LogP contribution is -2.35. The molecule has 0 bridgehead atoms. The molecule has 2 aromatic rings. The number of nitrogens with one attached hydrogen (secondary N) is 1. The maximum Gasteiger partial charge on any atom is 0.261 e. The Hall–Kier alpha value is -1.95. The van der Waals surface area contributed by atoms with Crippen LogP contribution in [0.3, 0.4) is 0 Å². The Balaban J connectivity index is 1.90. The summed E-state index contributed by atoms with van der Waals surface area (Å²) in [6.07, 6.45) is -0.748. The Labute approximate surface area is 135 Å². The lowest BCUT2D eigenvalue weighted by Gasteiger charge is -2.15. The molecule has 0 aliphatic heterocycles. The van der Waals surface area contributed by atoms with Crippen molar-refractivity contribution in [2.75, 3.05) is 0 Å². The van der Waals surface area contributed by atoms with Gasteiger partial charge in [0.2, 0.25) is 0 Å². The highest BCUT2D eigenvalue weighted by molar-refractivity contribution is 9.10.